The average Bonchev–Trinajstić information content (AvgIpc) is 3.25. The summed E-state index contributed by atoms with van der Waals surface area (Å²) in [5.74, 6) is 0.857. The van der Waals surface area contributed by atoms with E-state index in [4.69, 9.17) is 13.9 Å². The van der Waals surface area contributed by atoms with Crippen molar-refractivity contribution in [3.05, 3.63) is 181 Å². The van der Waals surface area contributed by atoms with Gasteiger partial charge in [-0.25, -0.2) is 0 Å². The molecular weight excluding hydrogens is 720 g/mol. The Bertz CT molecular complexity index is 1850. The van der Waals surface area contributed by atoms with Gasteiger partial charge in [-0.15, -0.1) is 0 Å². The zero-order valence-electron chi connectivity index (χ0n) is 33.9. The summed E-state index contributed by atoms with van der Waals surface area (Å²) in [6.07, 6.45) is 8.01. The fourth-order valence-electron chi connectivity index (χ4n) is 8.26. The Morgan fingerprint density at radius 1 is 0.518 bits per heavy atom. The number of hydrogen-bond acceptors (Lipinski definition) is 3. The smallest absolute Gasteiger partial charge is 0.261 e. The Balaban J connectivity index is 1.15. The molecule has 0 saturated heterocycles. The summed E-state index contributed by atoms with van der Waals surface area (Å²) in [7, 11) is -2.79. The largest absolute Gasteiger partial charge is 0.497 e. The van der Waals surface area contributed by atoms with Crippen molar-refractivity contribution < 1.29 is 13.9 Å². The summed E-state index contributed by atoms with van der Waals surface area (Å²) in [6, 6.07) is 63.9. The lowest BCUT2D eigenvalue weighted by Gasteiger charge is -2.43. The molecule has 0 fully saturated rings. The molecule has 0 bridgehead atoms. The van der Waals surface area contributed by atoms with Crippen LogP contribution in [0.2, 0.25) is 5.04 Å². The zero-order valence-corrected chi connectivity index (χ0v) is 35.8. The summed E-state index contributed by atoms with van der Waals surface area (Å²) >= 11 is 0. The van der Waals surface area contributed by atoms with Crippen LogP contribution in [-0.2, 0) is 15.8 Å². The van der Waals surface area contributed by atoms with Gasteiger partial charge in [0.05, 0.1) is 32.6 Å². The maximum atomic E-state index is 7.41. The van der Waals surface area contributed by atoms with Crippen molar-refractivity contribution in [3.8, 4) is 5.75 Å². The van der Waals surface area contributed by atoms with Gasteiger partial charge in [-0.2, -0.15) is 0 Å². The molecule has 0 spiro atoms. The van der Waals surface area contributed by atoms with Crippen molar-refractivity contribution in [2.75, 3.05) is 19.9 Å². The predicted octanol–water partition coefficient (Wildman–Crippen LogP) is 10.5. The SMILES string of the molecule is COc1ccc(CO[C@@H](CCCCCCC[P+](c2ccccc2)(c2ccccc2)c2ccccc2)CO[Si](c2ccccc2)(c2ccccc2)C(C)(C)C)cc1. The third-order valence-corrected chi connectivity index (χ3v) is 20.7. The van der Waals surface area contributed by atoms with Crippen LogP contribution >= 0.6 is 7.26 Å². The molecule has 0 aromatic heterocycles. The molecule has 5 heteroatoms. The van der Waals surface area contributed by atoms with Gasteiger partial charge in [0.2, 0.25) is 0 Å². The number of methoxy groups -OCH3 is 1. The van der Waals surface area contributed by atoms with Crippen LogP contribution in [0.3, 0.4) is 0 Å². The molecule has 0 saturated carbocycles. The Morgan fingerprint density at radius 3 is 1.39 bits per heavy atom. The minimum absolute atomic E-state index is 0.0217. The number of benzene rings is 6. The maximum absolute atomic E-state index is 7.41. The van der Waals surface area contributed by atoms with Crippen LogP contribution in [-0.4, -0.2) is 34.3 Å². The standard InChI is InChI=1S/C51H60O3PSi/c1-51(2,3)56(49-32-20-11-21-33-49,50-34-22-12-23-35-50)54-42-45(53-41-43-36-38-44(52-4)39-37-43)25-13-6-5-7-24-40-55(46-26-14-8-15-27-46,47-28-16-9-17-29-47)48-30-18-10-19-31-48/h8-12,14-23,26-39,45H,5-7,13,24-25,40-42H2,1-4H3/q+1/t45-/m0/s1. The topological polar surface area (TPSA) is 27.7 Å². The van der Waals surface area contributed by atoms with Crippen LogP contribution in [0.4, 0.5) is 0 Å². The molecule has 1 atom stereocenters. The lowest BCUT2D eigenvalue weighted by atomic mass is 10.1. The van der Waals surface area contributed by atoms with E-state index in [1.807, 2.05) is 12.1 Å². The Kier molecular flexibility index (Phi) is 14.9. The molecule has 3 nitrogen and oxygen atoms in total. The van der Waals surface area contributed by atoms with Gasteiger partial charge in [-0.1, -0.05) is 167 Å². The summed E-state index contributed by atoms with van der Waals surface area (Å²) < 4.78 is 19.6. The van der Waals surface area contributed by atoms with Crippen LogP contribution < -0.4 is 31.0 Å². The Morgan fingerprint density at radius 2 is 0.946 bits per heavy atom. The molecule has 6 aromatic carbocycles. The summed E-state index contributed by atoms with van der Waals surface area (Å²) in [5, 5.41) is 6.91. The molecule has 6 aromatic rings. The highest BCUT2D eigenvalue weighted by Gasteiger charge is 2.50. The monoisotopic (exact) mass is 779 g/mol. The number of hydrogen-bond donors (Lipinski definition) is 0. The van der Waals surface area contributed by atoms with Crippen LogP contribution in [0.15, 0.2) is 176 Å². The number of ether oxygens (including phenoxy) is 2. The predicted molar refractivity (Wildman–Crippen MR) is 243 cm³/mol. The van der Waals surface area contributed by atoms with Gasteiger partial charge < -0.3 is 13.9 Å². The molecule has 0 radical (unpaired) electrons. The maximum Gasteiger partial charge on any atom is 0.261 e. The highest BCUT2D eigenvalue weighted by Crippen LogP contribution is 2.56. The van der Waals surface area contributed by atoms with E-state index in [0.717, 1.165) is 24.2 Å². The third-order valence-electron chi connectivity index (χ3n) is 11.2. The van der Waals surface area contributed by atoms with Crippen LogP contribution in [0.25, 0.3) is 0 Å². The molecule has 0 aliphatic rings. The van der Waals surface area contributed by atoms with Gasteiger partial charge in [0, 0.05) is 0 Å². The molecule has 0 amide bonds. The second kappa shape index (κ2) is 20.2. The third kappa shape index (κ3) is 9.97. The lowest BCUT2D eigenvalue weighted by molar-refractivity contribution is 0.000769. The van der Waals surface area contributed by atoms with Gasteiger partial charge in [-0.3, -0.25) is 0 Å². The highest BCUT2D eigenvalue weighted by molar-refractivity contribution is 7.95. The van der Waals surface area contributed by atoms with E-state index in [1.165, 1.54) is 58.1 Å². The van der Waals surface area contributed by atoms with Crippen molar-refractivity contribution >= 4 is 41.9 Å². The normalized spacial score (nSPS) is 12.6. The van der Waals surface area contributed by atoms with Crippen molar-refractivity contribution in [1.82, 2.24) is 0 Å². The van der Waals surface area contributed by atoms with Crippen molar-refractivity contribution in [1.29, 1.82) is 0 Å². The summed E-state index contributed by atoms with van der Waals surface area (Å²) in [6.45, 7) is 8.13. The van der Waals surface area contributed by atoms with E-state index >= 15 is 0 Å². The van der Waals surface area contributed by atoms with Gasteiger partial charge in [-0.05, 0) is 88.8 Å². The molecule has 0 heterocycles. The molecule has 6 rings (SSSR count). The first-order valence-electron chi connectivity index (χ1n) is 20.4. The van der Waals surface area contributed by atoms with Crippen LogP contribution in [0.5, 0.6) is 5.75 Å². The Labute approximate surface area is 338 Å². The molecular formula is C51H60O3PSi+. The zero-order chi connectivity index (χ0) is 39.1. The fourth-order valence-corrected chi connectivity index (χ4v) is 17.3. The summed E-state index contributed by atoms with van der Waals surface area (Å²) in [5.41, 5.74) is 1.14. The molecule has 0 unspecified atom stereocenters. The number of unbranched alkanes of at least 4 members (excludes halogenated alkanes) is 4. The first-order chi connectivity index (χ1) is 27.4. The fraction of sp³-hybridized carbons (Fsp3) is 0.294. The minimum Gasteiger partial charge on any atom is -0.497 e. The number of rotatable bonds is 20. The van der Waals surface area contributed by atoms with Crippen molar-refractivity contribution in [2.45, 2.75) is 77.0 Å². The second-order valence-electron chi connectivity index (χ2n) is 15.9. The van der Waals surface area contributed by atoms with Crippen LogP contribution in [0.1, 0.15) is 64.9 Å². The van der Waals surface area contributed by atoms with Crippen molar-refractivity contribution in [2.24, 2.45) is 0 Å². The van der Waals surface area contributed by atoms with Gasteiger partial charge in [0.15, 0.2) is 0 Å². The second-order valence-corrected chi connectivity index (χ2v) is 23.8. The van der Waals surface area contributed by atoms with E-state index < -0.39 is 15.6 Å². The first-order valence-corrected chi connectivity index (χ1v) is 24.3. The van der Waals surface area contributed by atoms with E-state index in [9.17, 15) is 0 Å². The summed E-state index contributed by atoms with van der Waals surface area (Å²) in [4.78, 5) is 0. The van der Waals surface area contributed by atoms with Crippen LogP contribution in [0, 0.1) is 0 Å². The molecule has 290 valence electrons. The molecule has 0 N–H and O–H groups in total. The molecule has 0 aliphatic carbocycles. The minimum atomic E-state index is -2.69. The van der Waals surface area contributed by atoms with E-state index in [0.29, 0.717) is 13.2 Å². The average molecular weight is 780 g/mol. The quantitative estimate of drug-likeness (QED) is 0.0439. The lowest BCUT2D eigenvalue weighted by Crippen LogP contribution is -2.67. The van der Waals surface area contributed by atoms with E-state index in [2.05, 4.69) is 185 Å². The van der Waals surface area contributed by atoms with Crippen molar-refractivity contribution in [3.63, 3.8) is 0 Å². The van der Waals surface area contributed by atoms with Gasteiger partial charge in [0.25, 0.3) is 8.32 Å². The molecule has 0 aliphatic heterocycles. The highest BCUT2D eigenvalue weighted by atomic mass is 31.2. The van der Waals surface area contributed by atoms with Gasteiger partial charge >= 0.3 is 0 Å². The Hall–Kier alpha value is -4.31. The van der Waals surface area contributed by atoms with E-state index in [-0.39, 0.29) is 11.1 Å². The van der Waals surface area contributed by atoms with E-state index in [1.54, 1.807) is 7.11 Å². The van der Waals surface area contributed by atoms with Gasteiger partial charge in [0.1, 0.15) is 28.9 Å². The first kappa shape index (κ1) is 41.3. The molecule has 56 heavy (non-hydrogen) atoms.